The summed E-state index contributed by atoms with van der Waals surface area (Å²) in [6.45, 7) is 5.77. The van der Waals surface area contributed by atoms with Crippen molar-refractivity contribution >= 4 is 29.3 Å². The molecule has 0 radical (unpaired) electrons. The molecule has 0 spiro atoms. The standard InChI is InChI=1S/C28H28N6O3/c1-19(2)30-28(36)37-18-34-15-7-10-22(17-34)24-13-14-29-27(32-24)33-25-16-23(12-11-20(25)3)31-26(35)21-8-5-4-6-9-21/h4-17,19H,18H2,1-3H3,(H2-,29,30,31,32,33,35,36)/p+1. The number of amides is 2. The summed E-state index contributed by atoms with van der Waals surface area (Å²) in [7, 11) is 0. The predicted octanol–water partition coefficient (Wildman–Crippen LogP) is 4.83. The third-order valence-corrected chi connectivity index (χ3v) is 5.34. The molecular weight excluding hydrogens is 468 g/mol. The van der Waals surface area contributed by atoms with Crippen molar-refractivity contribution in [2.45, 2.75) is 33.5 Å². The van der Waals surface area contributed by atoms with E-state index in [-0.39, 0.29) is 18.7 Å². The average molecular weight is 498 g/mol. The van der Waals surface area contributed by atoms with Crippen molar-refractivity contribution in [3.05, 3.63) is 96.4 Å². The van der Waals surface area contributed by atoms with E-state index in [4.69, 9.17) is 4.74 Å². The van der Waals surface area contributed by atoms with E-state index in [1.54, 1.807) is 29.0 Å². The number of anilines is 3. The first kappa shape index (κ1) is 25.3. The van der Waals surface area contributed by atoms with Gasteiger partial charge < -0.3 is 20.7 Å². The Kier molecular flexibility index (Phi) is 8.05. The lowest BCUT2D eigenvalue weighted by Crippen LogP contribution is -2.39. The number of benzene rings is 2. The fourth-order valence-corrected chi connectivity index (χ4v) is 3.49. The number of carbonyl (C=O) groups excluding carboxylic acids is 2. The molecule has 0 atom stereocenters. The number of nitrogens with one attached hydrogen (secondary N) is 3. The van der Waals surface area contributed by atoms with Gasteiger partial charge in [-0.1, -0.05) is 24.3 Å². The van der Waals surface area contributed by atoms with Gasteiger partial charge in [-0.05, 0) is 62.7 Å². The van der Waals surface area contributed by atoms with Crippen molar-refractivity contribution in [1.82, 2.24) is 15.3 Å². The van der Waals surface area contributed by atoms with Crippen molar-refractivity contribution < 1.29 is 18.9 Å². The molecule has 0 bridgehead atoms. The summed E-state index contributed by atoms with van der Waals surface area (Å²) in [6, 6.07) is 20.3. The van der Waals surface area contributed by atoms with Gasteiger partial charge in [-0.3, -0.25) is 4.79 Å². The molecule has 9 heteroatoms. The first-order valence-corrected chi connectivity index (χ1v) is 11.9. The molecule has 0 aliphatic heterocycles. The monoisotopic (exact) mass is 497 g/mol. The molecule has 3 N–H and O–H groups in total. The van der Waals surface area contributed by atoms with Gasteiger partial charge in [0.1, 0.15) is 0 Å². The number of hydrogen-bond donors (Lipinski definition) is 3. The number of pyridine rings is 1. The zero-order valence-corrected chi connectivity index (χ0v) is 20.9. The predicted molar refractivity (Wildman–Crippen MR) is 141 cm³/mol. The number of aromatic nitrogens is 3. The van der Waals surface area contributed by atoms with E-state index in [2.05, 4.69) is 25.9 Å². The maximum Gasteiger partial charge on any atom is 0.412 e. The summed E-state index contributed by atoms with van der Waals surface area (Å²) < 4.78 is 7.01. The van der Waals surface area contributed by atoms with E-state index in [0.717, 1.165) is 16.8 Å². The highest BCUT2D eigenvalue weighted by Crippen LogP contribution is 2.24. The second-order valence-electron chi connectivity index (χ2n) is 8.71. The first-order valence-electron chi connectivity index (χ1n) is 11.9. The van der Waals surface area contributed by atoms with Gasteiger partial charge in [-0.15, -0.1) is 0 Å². The lowest BCUT2D eigenvalue weighted by atomic mass is 10.1. The van der Waals surface area contributed by atoms with Gasteiger partial charge in [0.15, 0.2) is 12.4 Å². The van der Waals surface area contributed by atoms with Crippen LogP contribution < -0.4 is 20.5 Å². The van der Waals surface area contributed by atoms with Gasteiger partial charge in [0, 0.05) is 35.2 Å². The molecule has 0 aliphatic rings. The van der Waals surface area contributed by atoms with Crippen LogP contribution >= 0.6 is 0 Å². The molecule has 9 nitrogen and oxygen atoms in total. The summed E-state index contributed by atoms with van der Waals surface area (Å²) >= 11 is 0. The maximum absolute atomic E-state index is 12.5. The average Bonchev–Trinajstić information content (AvgIpc) is 2.90. The highest BCUT2D eigenvalue weighted by atomic mass is 16.6. The van der Waals surface area contributed by atoms with Gasteiger partial charge in [0.05, 0.1) is 11.3 Å². The third-order valence-electron chi connectivity index (χ3n) is 5.34. The van der Waals surface area contributed by atoms with Crippen LogP contribution in [0.2, 0.25) is 0 Å². The minimum Gasteiger partial charge on any atom is -0.388 e. The molecule has 4 rings (SSSR count). The molecule has 0 saturated heterocycles. The van der Waals surface area contributed by atoms with E-state index in [1.807, 2.05) is 81.7 Å². The summed E-state index contributed by atoms with van der Waals surface area (Å²) in [4.78, 5) is 33.3. The van der Waals surface area contributed by atoms with Crippen LogP contribution in [0.25, 0.3) is 11.3 Å². The number of nitrogens with zero attached hydrogens (tertiary/aromatic N) is 3. The first-order chi connectivity index (χ1) is 17.9. The zero-order valence-electron chi connectivity index (χ0n) is 20.9. The largest absolute Gasteiger partial charge is 0.412 e. The molecule has 0 unspecified atom stereocenters. The molecule has 0 aliphatic carbocycles. The van der Waals surface area contributed by atoms with Crippen LogP contribution in [0.15, 0.2) is 85.3 Å². The Morgan fingerprint density at radius 3 is 2.62 bits per heavy atom. The Labute approximate surface area is 215 Å². The van der Waals surface area contributed by atoms with E-state index in [9.17, 15) is 9.59 Å². The molecular formula is C28H29N6O3+. The molecule has 2 amide bonds. The Bertz CT molecular complexity index is 1390. The van der Waals surface area contributed by atoms with Crippen LogP contribution in [0, 0.1) is 6.92 Å². The van der Waals surface area contributed by atoms with Crippen molar-refractivity contribution in [3.63, 3.8) is 0 Å². The van der Waals surface area contributed by atoms with Crippen LogP contribution in [0.1, 0.15) is 29.8 Å². The molecule has 2 aromatic heterocycles. The smallest absolute Gasteiger partial charge is 0.388 e. The normalized spacial score (nSPS) is 10.6. The molecule has 2 heterocycles. The Balaban J connectivity index is 1.47. The molecule has 37 heavy (non-hydrogen) atoms. The summed E-state index contributed by atoms with van der Waals surface area (Å²) in [5, 5.41) is 8.86. The SMILES string of the molecule is Cc1ccc(NC(=O)c2ccccc2)cc1Nc1nccc(-c2ccc[n+](COC(=O)NC(C)C)c2)n1. The molecule has 0 saturated carbocycles. The van der Waals surface area contributed by atoms with Crippen molar-refractivity contribution in [2.24, 2.45) is 0 Å². The van der Waals surface area contributed by atoms with Gasteiger partial charge in [0.25, 0.3) is 12.6 Å². The van der Waals surface area contributed by atoms with E-state index in [0.29, 0.717) is 22.9 Å². The maximum atomic E-state index is 12.5. The fraction of sp³-hybridized carbons (Fsp3) is 0.179. The zero-order chi connectivity index (χ0) is 26.2. The molecule has 0 fully saturated rings. The van der Waals surface area contributed by atoms with Gasteiger partial charge >= 0.3 is 6.09 Å². The van der Waals surface area contributed by atoms with Crippen LogP contribution in [0.3, 0.4) is 0 Å². The number of hydrogen-bond acceptors (Lipinski definition) is 6. The van der Waals surface area contributed by atoms with E-state index >= 15 is 0 Å². The second-order valence-corrected chi connectivity index (χ2v) is 8.71. The van der Waals surface area contributed by atoms with Crippen molar-refractivity contribution in [2.75, 3.05) is 10.6 Å². The van der Waals surface area contributed by atoms with E-state index in [1.165, 1.54) is 0 Å². The van der Waals surface area contributed by atoms with Crippen LogP contribution in [0.4, 0.5) is 22.1 Å². The highest BCUT2D eigenvalue weighted by Gasteiger charge is 2.12. The van der Waals surface area contributed by atoms with Crippen molar-refractivity contribution in [1.29, 1.82) is 0 Å². The quantitative estimate of drug-likeness (QED) is 0.301. The minimum atomic E-state index is -0.473. The van der Waals surface area contributed by atoms with Crippen LogP contribution in [0.5, 0.6) is 0 Å². The number of alkyl carbamates (subject to hydrolysis) is 1. The lowest BCUT2D eigenvalue weighted by Gasteiger charge is -2.12. The lowest BCUT2D eigenvalue weighted by molar-refractivity contribution is -0.726. The summed E-state index contributed by atoms with van der Waals surface area (Å²) in [5.74, 6) is 0.229. The number of carbonyl (C=O) groups is 2. The number of rotatable bonds is 8. The summed E-state index contributed by atoms with van der Waals surface area (Å²) in [5.41, 5.74) is 4.52. The van der Waals surface area contributed by atoms with Gasteiger partial charge in [-0.2, -0.15) is 4.57 Å². The van der Waals surface area contributed by atoms with Crippen molar-refractivity contribution in [3.8, 4) is 11.3 Å². The van der Waals surface area contributed by atoms with E-state index < -0.39 is 6.09 Å². The number of aryl methyl sites for hydroxylation is 1. The Hall–Kier alpha value is -4.79. The minimum absolute atomic E-state index is 0.000219. The molecule has 2 aromatic carbocycles. The Morgan fingerprint density at radius 1 is 1.03 bits per heavy atom. The number of ether oxygens (including phenoxy) is 1. The molecule has 188 valence electrons. The topological polar surface area (TPSA) is 109 Å². The highest BCUT2D eigenvalue weighted by molar-refractivity contribution is 6.04. The second kappa shape index (κ2) is 11.8. The van der Waals surface area contributed by atoms with Gasteiger partial charge in [-0.25, -0.2) is 14.8 Å². The molecule has 4 aromatic rings. The van der Waals surface area contributed by atoms with Crippen LogP contribution in [-0.4, -0.2) is 28.0 Å². The Morgan fingerprint density at radius 2 is 1.84 bits per heavy atom. The third kappa shape index (κ3) is 7.11. The van der Waals surface area contributed by atoms with Gasteiger partial charge in [0.2, 0.25) is 5.95 Å². The summed E-state index contributed by atoms with van der Waals surface area (Å²) in [6.07, 6.45) is 4.86. The fourth-order valence-electron chi connectivity index (χ4n) is 3.49. The van der Waals surface area contributed by atoms with Crippen LogP contribution in [-0.2, 0) is 11.5 Å².